The number of allylic oxidation sites excluding steroid dienone is 1. The summed E-state index contributed by atoms with van der Waals surface area (Å²) in [6, 6.07) is 0. The quantitative estimate of drug-likeness (QED) is 0.558. The van der Waals surface area contributed by atoms with Crippen LogP contribution in [0.3, 0.4) is 0 Å². The molecule has 1 heterocycles. The van der Waals surface area contributed by atoms with Crippen LogP contribution in [0.4, 0.5) is 0 Å². The third kappa shape index (κ3) is 1.41. The van der Waals surface area contributed by atoms with E-state index in [4.69, 9.17) is 9.47 Å². The van der Waals surface area contributed by atoms with E-state index in [0.29, 0.717) is 0 Å². The number of rotatable bonds is 1. The summed E-state index contributed by atoms with van der Waals surface area (Å²) in [5.41, 5.74) is 0. The number of hydrogen-bond acceptors (Lipinski definition) is 2. The van der Waals surface area contributed by atoms with Crippen molar-refractivity contribution in [3.8, 4) is 0 Å². The molecule has 0 radical (unpaired) electrons. The van der Waals surface area contributed by atoms with Gasteiger partial charge < -0.3 is 9.47 Å². The SMILES string of the molecule is CCC1C=CC2(CC1)OCCO2. The molecule has 2 nitrogen and oxygen atoms in total. The van der Waals surface area contributed by atoms with Gasteiger partial charge in [-0.05, 0) is 24.8 Å². The molecule has 68 valence electrons. The van der Waals surface area contributed by atoms with Gasteiger partial charge in [0.1, 0.15) is 0 Å². The maximum absolute atomic E-state index is 5.57. The van der Waals surface area contributed by atoms with Crippen LogP contribution in [0.2, 0.25) is 0 Å². The van der Waals surface area contributed by atoms with Crippen LogP contribution in [-0.4, -0.2) is 19.0 Å². The summed E-state index contributed by atoms with van der Waals surface area (Å²) in [7, 11) is 0. The normalized spacial score (nSPS) is 32.9. The van der Waals surface area contributed by atoms with Crippen LogP contribution in [0.25, 0.3) is 0 Å². The topological polar surface area (TPSA) is 18.5 Å². The molecule has 0 amide bonds. The molecule has 0 saturated carbocycles. The van der Waals surface area contributed by atoms with Crippen LogP contribution in [0.5, 0.6) is 0 Å². The molecule has 0 aromatic carbocycles. The van der Waals surface area contributed by atoms with Crippen molar-refractivity contribution in [2.75, 3.05) is 13.2 Å². The minimum Gasteiger partial charge on any atom is -0.344 e. The van der Waals surface area contributed by atoms with E-state index in [1.165, 1.54) is 12.8 Å². The lowest BCUT2D eigenvalue weighted by Crippen LogP contribution is -2.30. The molecule has 1 saturated heterocycles. The first-order chi connectivity index (χ1) is 5.85. The second-order valence-corrected chi connectivity index (χ2v) is 3.57. The Morgan fingerprint density at radius 2 is 2.17 bits per heavy atom. The predicted molar refractivity (Wildman–Crippen MR) is 46.8 cm³/mol. The lowest BCUT2D eigenvalue weighted by atomic mass is 9.90. The van der Waals surface area contributed by atoms with Gasteiger partial charge in [0.25, 0.3) is 0 Å². The van der Waals surface area contributed by atoms with Gasteiger partial charge in [0, 0.05) is 6.42 Å². The second-order valence-electron chi connectivity index (χ2n) is 3.57. The van der Waals surface area contributed by atoms with Gasteiger partial charge in [0.2, 0.25) is 0 Å². The Morgan fingerprint density at radius 3 is 2.67 bits per heavy atom. The molecule has 1 atom stereocenters. The largest absolute Gasteiger partial charge is 0.344 e. The van der Waals surface area contributed by atoms with E-state index in [0.717, 1.165) is 25.6 Å². The highest BCUT2D eigenvalue weighted by Gasteiger charge is 2.36. The van der Waals surface area contributed by atoms with E-state index in [2.05, 4.69) is 19.1 Å². The maximum Gasteiger partial charge on any atom is 0.188 e. The molecule has 0 N–H and O–H groups in total. The van der Waals surface area contributed by atoms with Crippen molar-refractivity contribution in [2.24, 2.45) is 5.92 Å². The molecule has 1 aliphatic heterocycles. The van der Waals surface area contributed by atoms with Gasteiger partial charge in [-0.2, -0.15) is 0 Å². The van der Waals surface area contributed by atoms with Crippen molar-refractivity contribution < 1.29 is 9.47 Å². The Labute approximate surface area is 73.5 Å². The lowest BCUT2D eigenvalue weighted by Gasteiger charge is -2.29. The van der Waals surface area contributed by atoms with E-state index in [-0.39, 0.29) is 5.79 Å². The summed E-state index contributed by atoms with van der Waals surface area (Å²) in [6.45, 7) is 3.73. The van der Waals surface area contributed by atoms with Gasteiger partial charge in [0.15, 0.2) is 5.79 Å². The van der Waals surface area contributed by atoms with E-state index in [1.54, 1.807) is 0 Å². The first-order valence-electron chi connectivity index (χ1n) is 4.82. The standard InChI is InChI=1S/C10H16O2/c1-2-9-3-5-10(6-4-9)11-7-8-12-10/h3,5,9H,2,4,6-8H2,1H3. The Kier molecular flexibility index (Phi) is 2.20. The second kappa shape index (κ2) is 3.19. The van der Waals surface area contributed by atoms with Gasteiger partial charge in [-0.3, -0.25) is 0 Å². The molecule has 1 unspecified atom stereocenters. The number of hydrogen-bond donors (Lipinski definition) is 0. The van der Waals surface area contributed by atoms with Gasteiger partial charge in [0.05, 0.1) is 13.2 Å². The summed E-state index contributed by atoms with van der Waals surface area (Å²) < 4.78 is 11.1. The van der Waals surface area contributed by atoms with Crippen LogP contribution in [0, 0.1) is 5.92 Å². The minimum absolute atomic E-state index is 0.328. The average molecular weight is 168 g/mol. The van der Waals surface area contributed by atoms with E-state index >= 15 is 0 Å². The molecule has 2 aliphatic rings. The Bertz CT molecular complexity index is 180. The summed E-state index contributed by atoms with van der Waals surface area (Å²) in [5, 5.41) is 0. The van der Waals surface area contributed by atoms with Gasteiger partial charge in [-0.15, -0.1) is 0 Å². The van der Waals surface area contributed by atoms with E-state index in [1.807, 2.05) is 0 Å². The molecule has 1 fully saturated rings. The van der Waals surface area contributed by atoms with Gasteiger partial charge >= 0.3 is 0 Å². The molecular formula is C10H16O2. The average Bonchev–Trinajstić information content (AvgIpc) is 2.55. The van der Waals surface area contributed by atoms with Crippen molar-refractivity contribution >= 4 is 0 Å². The molecular weight excluding hydrogens is 152 g/mol. The van der Waals surface area contributed by atoms with Crippen LogP contribution in [-0.2, 0) is 9.47 Å². The van der Waals surface area contributed by atoms with Crippen molar-refractivity contribution in [3.63, 3.8) is 0 Å². The number of ether oxygens (including phenoxy) is 2. The Balaban J connectivity index is 2.03. The van der Waals surface area contributed by atoms with Gasteiger partial charge in [-0.1, -0.05) is 13.0 Å². The monoisotopic (exact) mass is 168 g/mol. The summed E-state index contributed by atoms with van der Waals surface area (Å²) in [4.78, 5) is 0. The minimum atomic E-state index is -0.328. The first kappa shape index (κ1) is 8.27. The molecule has 1 aliphatic carbocycles. The van der Waals surface area contributed by atoms with Crippen molar-refractivity contribution in [1.29, 1.82) is 0 Å². The van der Waals surface area contributed by atoms with E-state index in [9.17, 15) is 0 Å². The smallest absolute Gasteiger partial charge is 0.188 e. The molecule has 2 rings (SSSR count). The molecule has 2 heteroatoms. The fourth-order valence-electron chi connectivity index (χ4n) is 1.90. The molecule has 0 aromatic rings. The van der Waals surface area contributed by atoms with Crippen molar-refractivity contribution in [2.45, 2.75) is 32.0 Å². The molecule has 12 heavy (non-hydrogen) atoms. The van der Waals surface area contributed by atoms with Crippen LogP contribution >= 0.6 is 0 Å². The fraction of sp³-hybridized carbons (Fsp3) is 0.800. The highest BCUT2D eigenvalue weighted by atomic mass is 16.7. The van der Waals surface area contributed by atoms with Crippen LogP contribution in [0.1, 0.15) is 26.2 Å². The Morgan fingerprint density at radius 1 is 1.42 bits per heavy atom. The third-order valence-electron chi connectivity index (χ3n) is 2.79. The van der Waals surface area contributed by atoms with Crippen molar-refractivity contribution in [3.05, 3.63) is 12.2 Å². The predicted octanol–water partition coefficient (Wildman–Crippen LogP) is 2.11. The highest BCUT2D eigenvalue weighted by molar-refractivity contribution is 5.05. The summed E-state index contributed by atoms with van der Waals surface area (Å²) in [5.74, 6) is 0.412. The molecule has 0 aromatic heterocycles. The molecule has 0 bridgehead atoms. The maximum atomic E-state index is 5.57. The summed E-state index contributed by atoms with van der Waals surface area (Å²) in [6.07, 6.45) is 7.81. The van der Waals surface area contributed by atoms with Crippen LogP contribution < -0.4 is 0 Å². The molecule has 1 spiro atoms. The van der Waals surface area contributed by atoms with Gasteiger partial charge in [-0.25, -0.2) is 0 Å². The fourth-order valence-corrected chi connectivity index (χ4v) is 1.90. The zero-order valence-corrected chi connectivity index (χ0v) is 7.58. The highest BCUT2D eigenvalue weighted by Crippen LogP contribution is 2.33. The Hall–Kier alpha value is -0.340. The zero-order valence-electron chi connectivity index (χ0n) is 7.58. The lowest BCUT2D eigenvalue weighted by molar-refractivity contribution is -0.127. The van der Waals surface area contributed by atoms with E-state index < -0.39 is 0 Å². The van der Waals surface area contributed by atoms with Crippen molar-refractivity contribution in [1.82, 2.24) is 0 Å². The zero-order chi connectivity index (χ0) is 8.44. The first-order valence-corrected chi connectivity index (χ1v) is 4.82. The third-order valence-corrected chi connectivity index (χ3v) is 2.79. The van der Waals surface area contributed by atoms with Crippen LogP contribution in [0.15, 0.2) is 12.2 Å². The summed E-state index contributed by atoms with van der Waals surface area (Å²) >= 11 is 0.